The van der Waals surface area contributed by atoms with Crippen molar-refractivity contribution in [2.24, 2.45) is 0 Å². The molecule has 20 heavy (non-hydrogen) atoms. The molecule has 1 aromatic carbocycles. The zero-order chi connectivity index (χ0) is 13.9. The number of para-hydroxylation sites is 1. The van der Waals surface area contributed by atoms with Gasteiger partial charge >= 0.3 is 0 Å². The second kappa shape index (κ2) is 5.43. The number of nitrogens with zero attached hydrogens (tertiary/aromatic N) is 6. The van der Waals surface area contributed by atoms with Crippen LogP contribution in [-0.4, -0.2) is 30.2 Å². The van der Waals surface area contributed by atoms with Gasteiger partial charge < -0.3 is 5.73 Å². The third kappa shape index (κ3) is 2.56. The van der Waals surface area contributed by atoms with Crippen LogP contribution in [0.15, 0.2) is 46.7 Å². The molecule has 0 spiro atoms. The molecule has 7 nitrogen and oxygen atoms in total. The molecule has 3 aromatic rings. The van der Waals surface area contributed by atoms with Crippen molar-refractivity contribution in [3.8, 4) is 5.69 Å². The summed E-state index contributed by atoms with van der Waals surface area (Å²) in [7, 11) is 0. The minimum atomic E-state index is 0.125. The molecule has 0 aliphatic rings. The zero-order valence-electron chi connectivity index (χ0n) is 10.0. The Morgan fingerprint density at radius 3 is 2.80 bits per heavy atom. The highest BCUT2D eigenvalue weighted by Gasteiger charge is 2.13. The zero-order valence-corrected chi connectivity index (χ0v) is 11.6. The van der Waals surface area contributed by atoms with Gasteiger partial charge in [0.1, 0.15) is 5.03 Å². The molecule has 0 atom stereocenters. The number of hydrogen-bond acceptors (Lipinski definition) is 7. The summed E-state index contributed by atoms with van der Waals surface area (Å²) in [6, 6.07) is 9.53. The average Bonchev–Trinajstić information content (AvgIpc) is 2.92. The van der Waals surface area contributed by atoms with Crippen LogP contribution in [0.2, 0.25) is 5.28 Å². The van der Waals surface area contributed by atoms with Gasteiger partial charge in [-0.1, -0.05) is 18.2 Å². The number of nitrogens with two attached hydrogens (primary N) is 1. The van der Waals surface area contributed by atoms with Gasteiger partial charge in [0, 0.05) is 0 Å². The van der Waals surface area contributed by atoms with Gasteiger partial charge in [0.15, 0.2) is 0 Å². The normalized spacial score (nSPS) is 10.7. The molecule has 2 heterocycles. The van der Waals surface area contributed by atoms with E-state index in [1.54, 1.807) is 4.68 Å². The number of rotatable bonds is 3. The molecule has 0 saturated carbocycles. The number of halogens is 1. The van der Waals surface area contributed by atoms with E-state index in [9.17, 15) is 0 Å². The van der Waals surface area contributed by atoms with Crippen molar-refractivity contribution in [3.05, 3.63) is 41.8 Å². The summed E-state index contributed by atoms with van der Waals surface area (Å²) in [6.45, 7) is 0. The van der Waals surface area contributed by atoms with E-state index in [0.29, 0.717) is 15.9 Å². The summed E-state index contributed by atoms with van der Waals surface area (Å²) < 4.78 is 1.60. The minimum Gasteiger partial charge on any atom is -0.395 e. The Morgan fingerprint density at radius 2 is 2.00 bits per heavy atom. The van der Waals surface area contributed by atoms with Crippen LogP contribution in [0.3, 0.4) is 0 Å². The van der Waals surface area contributed by atoms with E-state index in [1.807, 2.05) is 30.3 Å². The molecule has 0 saturated heterocycles. The Kier molecular flexibility index (Phi) is 3.48. The summed E-state index contributed by atoms with van der Waals surface area (Å²) >= 11 is 6.99. The first kappa shape index (κ1) is 12.8. The number of nitrogen functional groups attached to an aromatic ring is 1. The van der Waals surface area contributed by atoms with Crippen LogP contribution in [0.5, 0.6) is 0 Å². The van der Waals surface area contributed by atoms with Gasteiger partial charge in [-0.05, 0) is 45.9 Å². The van der Waals surface area contributed by atoms with Gasteiger partial charge in [0.25, 0.3) is 0 Å². The van der Waals surface area contributed by atoms with Crippen LogP contribution >= 0.6 is 23.4 Å². The lowest BCUT2D eigenvalue weighted by atomic mass is 10.3. The minimum absolute atomic E-state index is 0.125. The second-order valence-electron chi connectivity index (χ2n) is 3.71. The summed E-state index contributed by atoms with van der Waals surface area (Å²) in [5, 5.41) is 12.8. The van der Waals surface area contributed by atoms with Crippen molar-refractivity contribution in [1.82, 2.24) is 30.2 Å². The van der Waals surface area contributed by atoms with E-state index in [4.69, 9.17) is 17.3 Å². The lowest BCUT2D eigenvalue weighted by Gasteiger charge is -2.05. The van der Waals surface area contributed by atoms with Crippen LogP contribution in [0.4, 0.5) is 5.69 Å². The molecule has 0 bridgehead atoms. The van der Waals surface area contributed by atoms with E-state index in [-0.39, 0.29) is 5.28 Å². The Hall–Kier alpha value is -2.19. The molecular formula is C11H8ClN7S. The van der Waals surface area contributed by atoms with Crippen LogP contribution in [0.25, 0.3) is 5.69 Å². The molecule has 9 heteroatoms. The van der Waals surface area contributed by atoms with E-state index >= 15 is 0 Å². The summed E-state index contributed by atoms with van der Waals surface area (Å²) in [5.41, 5.74) is 7.08. The quantitative estimate of drug-likeness (QED) is 0.582. The van der Waals surface area contributed by atoms with Gasteiger partial charge in [-0.3, -0.25) is 0 Å². The van der Waals surface area contributed by atoms with Crippen molar-refractivity contribution in [2.75, 3.05) is 5.73 Å². The number of hydrogen-bond donors (Lipinski definition) is 1. The highest BCUT2D eigenvalue weighted by atomic mass is 35.5. The van der Waals surface area contributed by atoms with Crippen molar-refractivity contribution in [1.29, 1.82) is 0 Å². The first-order valence-corrected chi connectivity index (χ1v) is 6.73. The lowest BCUT2D eigenvalue weighted by molar-refractivity contribution is 0.756. The highest BCUT2D eigenvalue weighted by molar-refractivity contribution is 7.99. The predicted molar refractivity (Wildman–Crippen MR) is 74.7 cm³/mol. The monoisotopic (exact) mass is 305 g/mol. The maximum atomic E-state index is 5.81. The topological polar surface area (TPSA) is 95.4 Å². The maximum Gasteiger partial charge on any atom is 0.223 e. The Balaban J connectivity index is 1.97. The third-order valence-electron chi connectivity index (χ3n) is 2.38. The van der Waals surface area contributed by atoms with Crippen LogP contribution < -0.4 is 5.73 Å². The summed E-state index contributed by atoms with van der Waals surface area (Å²) in [6.07, 6.45) is 1.45. The SMILES string of the molecule is Nc1cnc(Cl)nc1Sc1nnnn1-c1ccccc1. The molecule has 2 aromatic heterocycles. The maximum absolute atomic E-state index is 5.81. The number of anilines is 1. The van der Waals surface area contributed by atoms with Crippen molar-refractivity contribution in [2.45, 2.75) is 10.2 Å². The molecule has 100 valence electrons. The number of benzene rings is 1. The molecule has 0 amide bonds. The van der Waals surface area contributed by atoms with E-state index in [2.05, 4.69) is 25.5 Å². The van der Waals surface area contributed by atoms with E-state index in [1.165, 1.54) is 18.0 Å². The molecule has 0 radical (unpaired) electrons. The number of aromatic nitrogens is 6. The molecule has 2 N–H and O–H groups in total. The fourth-order valence-corrected chi connectivity index (χ4v) is 2.46. The number of tetrazole rings is 1. The van der Waals surface area contributed by atoms with Crippen LogP contribution in [0, 0.1) is 0 Å². The lowest BCUT2D eigenvalue weighted by Crippen LogP contribution is -2.00. The summed E-state index contributed by atoms with van der Waals surface area (Å²) in [4.78, 5) is 7.87. The Bertz CT molecular complexity index is 731. The van der Waals surface area contributed by atoms with Gasteiger partial charge in [0.2, 0.25) is 10.4 Å². The van der Waals surface area contributed by atoms with Gasteiger partial charge in [-0.2, -0.15) is 4.68 Å². The van der Waals surface area contributed by atoms with Gasteiger partial charge in [-0.15, -0.1) is 5.10 Å². The van der Waals surface area contributed by atoms with Crippen molar-refractivity contribution in [3.63, 3.8) is 0 Å². The third-order valence-corrected chi connectivity index (χ3v) is 3.52. The average molecular weight is 306 g/mol. The fourth-order valence-electron chi connectivity index (χ4n) is 1.50. The van der Waals surface area contributed by atoms with Crippen molar-refractivity contribution >= 4 is 29.1 Å². The first-order valence-electron chi connectivity index (χ1n) is 5.54. The van der Waals surface area contributed by atoms with E-state index in [0.717, 1.165) is 5.69 Å². The van der Waals surface area contributed by atoms with Crippen LogP contribution in [-0.2, 0) is 0 Å². The molecule has 0 fully saturated rings. The fraction of sp³-hybridized carbons (Fsp3) is 0. The van der Waals surface area contributed by atoms with Gasteiger partial charge in [0.05, 0.1) is 17.6 Å². The standard InChI is InChI=1S/C11H8ClN7S/c12-10-14-6-8(13)9(15-10)20-11-16-17-18-19(11)7-4-2-1-3-5-7/h1-6H,13H2. The molecule has 3 rings (SSSR count). The summed E-state index contributed by atoms with van der Waals surface area (Å²) in [5.74, 6) is 0. The van der Waals surface area contributed by atoms with Crippen LogP contribution in [0.1, 0.15) is 0 Å². The Labute approximate surface area is 123 Å². The molecule has 0 aliphatic carbocycles. The second-order valence-corrected chi connectivity index (χ2v) is 5.00. The highest BCUT2D eigenvalue weighted by Crippen LogP contribution is 2.29. The Morgan fingerprint density at radius 1 is 1.20 bits per heavy atom. The first-order chi connectivity index (χ1) is 9.74. The largest absolute Gasteiger partial charge is 0.395 e. The van der Waals surface area contributed by atoms with Gasteiger partial charge in [-0.25, -0.2) is 9.97 Å². The molecule has 0 aliphatic heterocycles. The van der Waals surface area contributed by atoms with E-state index < -0.39 is 0 Å². The predicted octanol–water partition coefficient (Wildman–Crippen LogP) is 1.84. The molecular weight excluding hydrogens is 298 g/mol. The smallest absolute Gasteiger partial charge is 0.223 e. The van der Waals surface area contributed by atoms with Crippen molar-refractivity contribution < 1.29 is 0 Å². The molecule has 0 unspecified atom stereocenters.